The van der Waals surface area contributed by atoms with E-state index in [-0.39, 0.29) is 31.0 Å². The van der Waals surface area contributed by atoms with E-state index < -0.39 is 11.6 Å². The molecule has 0 aromatic heterocycles. The summed E-state index contributed by atoms with van der Waals surface area (Å²) in [7, 11) is 0. The van der Waals surface area contributed by atoms with Crippen LogP contribution in [0.15, 0.2) is 48.5 Å². The summed E-state index contributed by atoms with van der Waals surface area (Å²) in [6.07, 6.45) is 5.39. The van der Waals surface area contributed by atoms with E-state index in [9.17, 15) is 14.4 Å². The van der Waals surface area contributed by atoms with Crippen LogP contribution in [0.25, 0.3) is 0 Å². The van der Waals surface area contributed by atoms with Gasteiger partial charge in [-0.3, -0.25) is 19.3 Å². The van der Waals surface area contributed by atoms with Crippen LogP contribution >= 0.6 is 0 Å². The van der Waals surface area contributed by atoms with Crippen molar-refractivity contribution in [1.29, 1.82) is 0 Å². The van der Waals surface area contributed by atoms with Crippen LogP contribution in [0.3, 0.4) is 0 Å². The molecular weight excluding hydrogens is 420 g/mol. The van der Waals surface area contributed by atoms with Crippen molar-refractivity contribution in [2.24, 2.45) is 0 Å². The molecule has 1 fully saturated rings. The molecule has 4 rings (SSSR count). The average molecular weight is 451 g/mol. The van der Waals surface area contributed by atoms with Crippen molar-refractivity contribution < 1.29 is 23.9 Å². The normalized spacial score (nSPS) is 17.6. The van der Waals surface area contributed by atoms with Gasteiger partial charge in [0, 0.05) is 11.6 Å². The van der Waals surface area contributed by atoms with Gasteiger partial charge >= 0.3 is 5.97 Å². The zero-order valence-electron chi connectivity index (χ0n) is 19.1. The minimum atomic E-state index is -1.14. The third-order valence-corrected chi connectivity index (χ3v) is 6.11. The number of carbonyl (C=O) groups is 3. The second kappa shape index (κ2) is 9.65. The standard InChI is InChI=1S/C26H30N2O5/c1-26(2)25(31)28(16-23(29)32-17-18-9-5-3-6-10-18)21-15-19(13-14-22(21)33-26)24(30)27-20-11-7-4-8-12-20/h3,5-6,9-10,13-15,20H,4,7-8,11-12,16-17H2,1-2H3,(H,27,30). The summed E-state index contributed by atoms with van der Waals surface area (Å²) in [5.41, 5.74) is 0.547. The summed E-state index contributed by atoms with van der Waals surface area (Å²) in [6.45, 7) is 3.17. The van der Waals surface area contributed by atoms with E-state index in [2.05, 4.69) is 5.32 Å². The van der Waals surface area contributed by atoms with Crippen LogP contribution in [0.1, 0.15) is 61.9 Å². The minimum absolute atomic E-state index is 0.123. The molecule has 0 bridgehead atoms. The van der Waals surface area contributed by atoms with Crippen molar-refractivity contribution in [1.82, 2.24) is 5.32 Å². The average Bonchev–Trinajstić information content (AvgIpc) is 2.81. The molecule has 2 aliphatic rings. The fourth-order valence-electron chi connectivity index (χ4n) is 4.29. The molecule has 0 unspecified atom stereocenters. The molecule has 0 spiro atoms. The first kappa shape index (κ1) is 22.8. The zero-order chi connectivity index (χ0) is 23.4. The Bertz CT molecular complexity index is 1030. The third-order valence-electron chi connectivity index (χ3n) is 6.11. The van der Waals surface area contributed by atoms with Crippen molar-refractivity contribution >= 4 is 23.5 Å². The van der Waals surface area contributed by atoms with Crippen molar-refractivity contribution in [3.05, 3.63) is 59.7 Å². The Morgan fingerprint density at radius 2 is 1.82 bits per heavy atom. The maximum absolute atomic E-state index is 13.1. The molecule has 33 heavy (non-hydrogen) atoms. The Morgan fingerprint density at radius 1 is 1.09 bits per heavy atom. The second-order valence-electron chi connectivity index (χ2n) is 9.14. The second-order valence-corrected chi connectivity index (χ2v) is 9.14. The smallest absolute Gasteiger partial charge is 0.326 e. The highest BCUT2D eigenvalue weighted by molar-refractivity contribution is 6.06. The van der Waals surface area contributed by atoms with Gasteiger partial charge in [-0.2, -0.15) is 0 Å². The van der Waals surface area contributed by atoms with E-state index in [4.69, 9.17) is 9.47 Å². The number of carbonyl (C=O) groups excluding carboxylic acids is 3. The Kier molecular flexibility index (Phi) is 6.67. The fraction of sp³-hybridized carbons (Fsp3) is 0.423. The molecule has 1 saturated carbocycles. The number of amides is 2. The number of nitrogens with one attached hydrogen (secondary N) is 1. The summed E-state index contributed by atoms with van der Waals surface area (Å²) in [6, 6.07) is 14.5. The molecule has 1 aliphatic carbocycles. The largest absolute Gasteiger partial charge is 0.476 e. The van der Waals surface area contributed by atoms with E-state index in [1.165, 1.54) is 11.3 Å². The maximum atomic E-state index is 13.1. The lowest BCUT2D eigenvalue weighted by Crippen LogP contribution is -2.54. The minimum Gasteiger partial charge on any atom is -0.476 e. The molecule has 7 heteroatoms. The Morgan fingerprint density at radius 3 is 2.55 bits per heavy atom. The number of anilines is 1. The number of benzene rings is 2. The number of ether oxygens (including phenoxy) is 2. The first-order chi connectivity index (χ1) is 15.8. The van der Waals surface area contributed by atoms with Crippen LogP contribution in [-0.2, 0) is 20.9 Å². The van der Waals surface area contributed by atoms with Crippen LogP contribution in [-0.4, -0.2) is 36.0 Å². The molecule has 0 atom stereocenters. The summed E-state index contributed by atoms with van der Waals surface area (Å²) >= 11 is 0. The lowest BCUT2D eigenvalue weighted by atomic mass is 9.95. The molecule has 7 nitrogen and oxygen atoms in total. The zero-order valence-corrected chi connectivity index (χ0v) is 19.1. The summed E-state index contributed by atoms with van der Waals surface area (Å²) in [4.78, 5) is 39.9. The van der Waals surface area contributed by atoms with Gasteiger partial charge in [0.25, 0.3) is 11.8 Å². The molecule has 0 radical (unpaired) electrons. The van der Waals surface area contributed by atoms with Gasteiger partial charge in [0.15, 0.2) is 5.60 Å². The first-order valence-corrected chi connectivity index (χ1v) is 11.5. The lowest BCUT2D eigenvalue weighted by Gasteiger charge is -2.38. The van der Waals surface area contributed by atoms with E-state index in [0.29, 0.717) is 17.0 Å². The monoisotopic (exact) mass is 450 g/mol. The van der Waals surface area contributed by atoms with Gasteiger partial charge in [-0.15, -0.1) is 0 Å². The summed E-state index contributed by atoms with van der Waals surface area (Å²) < 4.78 is 11.3. The molecule has 2 aromatic rings. The quantitative estimate of drug-likeness (QED) is 0.673. The van der Waals surface area contributed by atoms with Gasteiger partial charge in [-0.05, 0) is 50.5 Å². The van der Waals surface area contributed by atoms with Gasteiger partial charge in [-0.25, -0.2) is 0 Å². The van der Waals surface area contributed by atoms with E-state index >= 15 is 0 Å². The summed E-state index contributed by atoms with van der Waals surface area (Å²) in [5.74, 6) is -0.636. The predicted molar refractivity (Wildman–Crippen MR) is 124 cm³/mol. The lowest BCUT2D eigenvalue weighted by molar-refractivity contribution is -0.145. The molecular formula is C26H30N2O5. The SMILES string of the molecule is CC1(C)Oc2ccc(C(=O)NC3CCCCC3)cc2N(CC(=O)OCc2ccccc2)C1=O. The number of rotatable bonds is 6. The number of hydrogen-bond donors (Lipinski definition) is 1. The topological polar surface area (TPSA) is 84.9 Å². The van der Waals surface area contributed by atoms with Gasteiger partial charge in [-0.1, -0.05) is 49.6 Å². The molecule has 174 valence electrons. The molecule has 2 aromatic carbocycles. The van der Waals surface area contributed by atoms with Crippen LogP contribution in [0, 0.1) is 0 Å². The Hall–Kier alpha value is -3.35. The van der Waals surface area contributed by atoms with E-state index in [0.717, 1.165) is 31.2 Å². The first-order valence-electron chi connectivity index (χ1n) is 11.5. The molecule has 1 heterocycles. The number of nitrogens with zero attached hydrogens (tertiary/aromatic N) is 1. The van der Waals surface area contributed by atoms with Crippen LogP contribution < -0.4 is 15.0 Å². The van der Waals surface area contributed by atoms with Crippen molar-refractivity contribution in [3.8, 4) is 5.75 Å². The van der Waals surface area contributed by atoms with Crippen LogP contribution in [0.4, 0.5) is 5.69 Å². The number of esters is 1. The van der Waals surface area contributed by atoms with Gasteiger partial charge in [0.1, 0.15) is 18.9 Å². The maximum Gasteiger partial charge on any atom is 0.326 e. The summed E-state index contributed by atoms with van der Waals surface area (Å²) in [5, 5.41) is 3.09. The molecule has 2 amide bonds. The number of hydrogen-bond acceptors (Lipinski definition) is 5. The van der Waals surface area contributed by atoms with E-state index in [1.807, 2.05) is 30.3 Å². The highest BCUT2D eigenvalue weighted by atomic mass is 16.5. The highest BCUT2D eigenvalue weighted by Gasteiger charge is 2.42. The van der Waals surface area contributed by atoms with Crippen LogP contribution in [0.2, 0.25) is 0 Å². The highest BCUT2D eigenvalue weighted by Crippen LogP contribution is 2.38. The van der Waals surface area contributed by atoms with Crippen molar-refractivity contribution in [2.45, 2.75) is 64.2 Å². The predicted octanol–water partition coefficient (Wildman–Crippen LogP) is 4.00. The van der Waals surface area contributed by atoms with Gasteiger partial charge < -0.3 is 14.8 Å². The molecule has 1 aliphatic heterocycles. The molecule has 1 N–H and O–H groups in total. The van der Waals surface area contributed by atoms with Crippen LogP contribution in [0.5, 0.6) is 5.75 Å². The fourth-order valence-corrected chi connectivity index (χ4v) is 4.29. The van der Waals surface area contributed by atoms with Crippen molar-refractivity contribution in [2.75, 3.05) is 11.4 Å². The molecule has 0 saturated heterocycles. The Labute approximate surface area is 194 Å². The third kappa shape index (κ3) is 5.35. The Balaban J connectivity index is 1.51. The van der Waals surface area contributed by atoms with Gasteiger partial charge in [0.2, 0.25) is 0 Å². The van der Waals surface area contributed by atoms with Gasteiger partial charge in [0.05, 0.1) is 5.69 Å². The van der Waals surface area contributed by atoms with Crippen molar-refractivity contribution in [3.63, 3.8) is 0 Å². The van der Waals surface area contributed by atoms with E-state index in [1.54, 1.807) is 32.0 Å². The number of fused-ring (bicyclic) bond motifs is 1.